The van der Waals surface area contributed by atoms with Crippen LogP contribution < -0.4 is 5.32 Å². The van der Waals surface area contributed by atoms with E-state index in [2.05, 4.69) is 27.1 Å². The first-order valence-electron chi connectivity index (χ1n) is 6.45. The highest BCUT2D eigenvalue weighted by atomic mass is 15.2. The SMILES string of the molecule is Cc1cc(C)nc(NCC(C)N2CCCC2)n1. The second-order valence-electron chi connectivity index (χ2n) is 4.95. The molecule has 1 aliphatic heterocycles. The Labute approximate surface area is 103 Å². The summed E-state index contributed by atoms with van der Waals surface area (Å²) in [5.74, 6) is 0.758. The van der Waals surface area contributed by atoms with E-state index in [1.807, 2.05) is 19.9 Å². The van der Waals surface area contributed by atoms with Crippen LogP contribution in [0.15, 0.2) is 6.07 Å². The molecule has 1 unspecified atom stereocenters. The van der Waals surface area contributed by atoms with Gasteiger partial charge in [-0.3, -0.25) is 4.90 Å². The van der Waals surface area contributed by atoms with Gasteiger partial charge in [0.05, 0.1) is 0 Å². The first-order chi connectivity index (χ1) is 8.15. The molecular formula is C13H22N4. The lowest BCUT2D eigenvalue weighted by molar-refractivity contribution is 0.269. The van der Waals surface area contributed by atoms with Crippen molar-refractivity contribution >= 4 is 5.95 Å². The molecule has 1 atom stereocenters. The minimum Gasteiger partial charge on any atom is -0.353 e. The van der Waals surface area contributed by atoms with Crippen LogP contribution in [-0.2, 0) is 0 Å². The first kappa shape index (κ1) is 12.3. The minimum absolute atomic E-state index is 0.557. The highest BCUT2D eigenvalue weighted by Gasteiger charge is 2.17. The maximum absolute atomic E-state index is 4.39. The molecule has 0 saturated carbocycles. The summed E-state index contributed by atoms with van der Waals surface area (Å²) >= 11 is 0. The van der Waals surface area contributed by atoms with Gasteiger partial charge < -0.3 is 5.32 Å². The number of anilines is 1. The molecule has 2 heterocycles. The van der Waals surface area contributed by atoms with Gasteiger partial charge in [0, 0.05) is 24.0 Å². The van der Waals surface area contributed by atoms with Crippen molar-refractivity contribution in [2.45, 2.75) is 39.7 Å². The van der Waals surface area contributed by atoms with Crippen LogP contribution in [0, 0.1) is 13.8 Å². The summed E-state index contributed by atoms with van der Waals surface area (Å²) in [6.07, 6.45) is 2.68. The molecule has 1 aliphatic rings. The molecule has 1 aromatic rings. The van der Waals surface area contributed by atoms with Gasteiger partial charge in [-0.15, -0.1) is 0 Å². The number of nitrogens with one attached hydrogen (secondary N) is 1. The molecule has 0 bridgehead atoms. The number of hydrogen-bond donors (Lipinski definition) is 1. The molecule has 1 fully saturated rings. The van der Waals surface area contributed by atoms with Gasteiger partial charge in [0.2, 0.25) is 5.95 Å². The van der Waals surface area contributed by atoms with Gasteiger partial charge >= 0.3 is 0 Å². The lowest BCUT2D eigenvalue weighted by Crippen LogP contribution is -2.35. The Hall–Kier alpha value is -1.16. The van der Waals surface area contributed by atoms with E-state index in [1.54, 1.807) is 0 Å². The molecule has 4 heteroatoms. The summed E-state index contributed by atoms with van der Waals surface area (Å²) in [7, 11) is 0. The average molecular weight is 234 g/mol. The Balaban J connectivity index is 1.88. The molecular weight excluding hydrogens is 212 g/mol. The lowest BCUT2D eigenvalue weighted by Gasteiger charge is -2.23. The Bertz CT molecular complexity index is 351. The Morgan fingerprint density at radius 2 is 1.82 bits per heavy atom. The lowest BCUT2D eigenvalue weighted by atomic mass is 10.3. The molecule has 0 spiro atoms. The summed E-state index contributed by atoms with van der Waals surface area (Å²) in [6, 6.07) is 2.55. The number of hydrogen-bond acceptors (Lipinski definition) is 4. The van der Waals surface area contributed by atoms with Crippen molar-refractivity contribution in [2.24, 2.45) is 0 Å². The van der Waals surface area contributed by atoms with E-state index in [1.165, 1.54) is 25.9 Å². The van der Waals surface area contributed by atoms with E-state index in [9.17, 15) is 0 Å². The van der Waals surface area contributed by atoms with Gasteiger partial charge in [-0.2, -0.15) is 0 Å². The second-order valence-corrected chi connectivity index (χ2v) is 4.95. The van der Waals surface area contributed by atoms with Gasteiger partial charge in [-0.25, -0.2) is 9.97 Å². The molecule has 1 aromatic heterocycles. The van der Waals surface area contributed by atoms with Crippen molar-refractivity contribution in [1.82, 2.24) is 14.9 Å². The molecule has 0 aliphatic carbocycles. The molecule has 0 amide bonds. The van der Waals surface area contributed by atoms with Gasteiger partial charge in [-0.1, -0.05) is 0 Å². The maximum atomic E-state index is 4.39. The third kappa shape index (κ3) is 3.40. The van der Waals surface area contributed by atoms with Crippen LogP contribution >= 0.6 is 0 Å². The topological polar surface area (TPSA) is 41.1 Å². The smallest absolute Gasteiger partial charge is 0.223 e. The molecule has 1 saturated heterocycles. The van der Waals surface area contributed by atoms with Gasteiger partial charge in [0.1, 0.15) is 0 Å². The summed E-state index contributed by atoms with van der Waals surface area (Å²) in [5.41, 5.74) is 2.04. The van der Waals surface area contributed by atoms with E-state index in [-0.39, 0.29) is 0 Å². The summed E-state index contributed by atoms with van der Waals surface area (Å²) < 4.78 is 0. The van der Waals surface area contributed by atoms with E-state index < -0.39 is 0 Å². The van der Waals surface area contributed by atoms with Crippen molar-refractivity contribution in [3.8, 4) is 0 Å². The standard InChI is InChI=1S/C13H22N4/c1-10-8-11(2)16-13(15-10)14-9-12(3)17-6-4-5-7-17/h8,12H,4-7,9H2,1-3H3,(H,14,15,16). The second kappa shape index (κ2) is 5.45. The van der Waals surface area contributed by atoms with E-state index in [0.717, 1.165) is 23.9 Å². The van der Waals surface area contributed by atoms with Crippen LogP contribution in [0.5, 0.6) is 0 Å². The molecule has 94 valence electrons. The van der Waals surface area contributed by atoms with E-state index in [0.29, 0.717) is 6.04 Å². The molecule has 1 N–H and O–H groups in total. The predicted octanol–water partition coefficient (Wildman–Crippen LogP) is 1.99. The van der Waals surface area contributed by atoms with Crippen molar-refractivity contribution in [3.63, 3.8) is 0 Å². The third-order valence-electron chi connectivity index (χ3n) is 3.30. The van der Waals surface area contributed by atoms with Crippen LogP contribution in [0.25, 0.3) is 0 Å². The Morgan fingerprint density at radius 3 is 2.41 bits per heavy atom. The van der Waals surface area contributed by atoms with Crippen molar-refractivity contribution in [1.29, 1.82) is 0 Å². The van der Waals surface area contributed by atoms with Crippen molar-refractivity contribution in [3.05, 3.63) is 17.5 Å². The minimum atomic E-state index is 0.557. The number of rotatable bonds is 4. The molecule has 2 rings (SSSR count). The highest BCUT2D eigenvalue weighted by molar-refractivity contribution is 5.27. The summed E-state index contributed by atoms with van der Waals surface area (Å²) in [4.78, 5) is 11.3. The van der Waals surface area contributed by atoms with Gasteiger partial charge in [0.15, 0.2) is 0 Å². The van der Waals surface area contributed by atoms with Crippen LogP contribution in [0.4, 0.5) is 5.95 Å². The Morgan fingerprint density at radius 1 is 1.24 bits per heavy atom. The first-order valence-corrected chi connectivity index (χ1v) is 6.45. The fourth-order valence-electron chi connectivity index (χ4n) is 2.36. The van der Waals surface area contributed by atoms with Gasteiger partial charge in [0.25, 0.3) is 0 Å². The molecule has 4 nitrogen and oxygen atoms in total. The van der Waals surface area contributed by atoms with Crippen LogP contribution in [-0.4, -0.2) is 40.5 Å². The largest absolute Gasteiger partial charge is 0.353 e. The number of nitrogens with zero attached hydrogens (tertiary/aromatic N) is 3. The summed E-state index contributed by atoms with van der Waals surface area (Å²) in [6.45, 7) is 9.66. The van der Waals surface area contributed by atoms with Crippen LogP contribution in [0.3, 0.4) is 0 Å². The number of aryl methyl sites for hydroxylation is 2. The monoisotopic (exact) mass is 234 g/mol. The van der Waals surface area contributed by atoms with E-state index >= 15 is 0 Å². The third-order valence-corrected chi connectivity index (χ3v) is 3.30. The van der Waals surface area contributed by atoms with Gasteiger partial charge in [-0.05, 0) is 52.8 Å². The molecule has 0 radical (unpaired) electrons. The quantitative estimate of drug-likeness (QED) is 0.865. The predicted molar refractivity (Wildman–Crippen MR) is 70.3 cm³/mol. The van der Waals surface area contributed by atoms with Crippen molar-refractivity contribution in [2.75, 3.05) is 25.0 Å². The number of aromatic nitrogens is 2. The molecule has 0 aromatic carbocycles. The average Bonchev–Trinajstić information content (AvgIpc) is 2.78. The zero-order valence-corrected chi connectivity index (χ0v) is 11.0. The summed E-state index contributed by atoms with van der Waals surface area (Å²) in [5, 5.41) is 3.34. The van der Waals surface area contributed by atoms with Crippen molar-refractivity contribution < 1.29 is 0 Å². The van der Waals surface area contributed by atoms with Crippen LogP contribution in [0.2, 0.25) is 0 Å². The fourth-order valence-corrected chi connectivity index (χ4v) is 2.36. The zero-order chi connectivity index (χ0) is 12.3. The maximum Gasteiger partial charge on any atom is 0.223 e. The van der Waals surface area contributed by atoms with E-state index in [4.69, 9.17) is 0 Å². The van der Waals surface area contributed by atoms with Crippen LogP contribution in [0.1, 0.15) is 31.2 Å². The number of likely N-dealkylation sites (tertiary alicyclic amines) is 1. The Kier molecular flexibility index (Phi) is 3.94. The normalized spacial score (nSPS) is 18.3. The highest BCUT2D eigenvalue weighted by Crippen LogP contribution is 2.12. The molecule has 17 heavy (non-hydrogen) atoms. The fraction of sp³-hybridized carbons (Fsp3) is 0.692. The zero-order valence-electron chi connectivity index (χ0n) is 11.0.